The molecule has 0 saturated heterocycles. The summed E-state index contributed by atoms with van der Waals surface area (Å²) in [5.74, 6) is 0.524. The maximum absolute atomic E-state index is 4.73. The second-order valence-corrected chi connectivity index (χ2v) is 2.57. The lowest BCUT2D eigenvalue weighted by Gasteiger charge is -1.92. The third-order valence-electron chi connectivity index (χ3n) is 0.887. The van der Waals surface area contributed by atoms with Gasteiger partial charge in [-0.05, 0) is 26.1 Å². The Bertz CT molecular complexity index is 305. The number of aromatic nitrogens is 3. The van der Waals surface area contributed by atoms with Gasteiger partial charge in [0.25, 0.3) is 0 Å². The molecule has 5 nitrogen and oxygen atoms in total. The maximum atomic E-state index is 4.73. The van der Waals surface area contributed by atoms with Crippen LogP contribution < -0.4 is 5.43 Å². The Morgan fingerprint density at radius 3 is 2.73 bits per heavy atom. The fraction of sp³-hybridized carbons (Fsp3) is 0.400. The second kappa shape index (κ2) is 3.29. The molecule has 1 heterocycles. The number of nitrogens with one attached hydrogen (secondary N) is 3. The van der Waals surface area contributed by atoms with Crippen LogP contribution in [0.15, 0.2) is 5.10 Å². The fourth-order valence-electron chi connectivity index (χ4n) is 0.488. The van der Waals surface area contributed by atoms with Crippen LogP contribution in [0, 0.1) is 4.77 Å². The summed E-state index contributed by atoms with van der Waals surface area (Å²) in [6.45, 7) is 3.77. The smallest absolute Gasteiger partial charge is 0.238 e. The van der Waals surface area contributed by atoms with Gasteiger partial charge in [0.05, 0.1) is 0 Å². The van der Waals surface area contributed by atoms with Gasteiger partial charge in [-0.25, -0.2) is 5.43 Å². The normalized spacial score (nSPS) is 9.27. The molecule has 0 atom stereocenters. The van der Waals surface area contributed by atoms with Crippen molar-refractivity contribution in [1.82, 2.24) is 15.2 Å². The van der Waals surface area contributed by atoms with E-state index in [1.54, 1.807) is 0 Å². The summed E-state index contributed by atoms with van der Waals surface area (Å²) in [5, 5.41) is 9.26. The lowest BCUT2D eigenvalue weighted by atomic mass is 10.5. The van der Waals surface area contributed by atoms with E-state index >= 15 is 0 Å². The molecule has 0 fully saturated rings. The Kier molecular flexibility index (Phi) is 2.37. The number of hydrogen-bond acceptors (Lipinski definition) is 4. The highest BCUT2D eigenvalue weighted by Crippen LogP contribution is 1.93. The molecule has 0 aromatic carbocycles. The fourth-order valence-corrected chi connectivity index (χ4v) is 0.630. The van der Waals surface area contributed by atoms with Crippen molar-refractivity contribution in [3.05, 3.63) is 4.77 Å². The van der Waals surface area contributed by atoms with Crippen molar-refractivity contribution in [2.45, 2.75) is 13.8 Å². The van der Waals surface area contributed by atoms with Gasteiger partial charge in [0.2, 0.25) is 10.7 Å². The average molecular weight is 171 g/mol. The monoisotopic (exact) mass is 171 g/mol. The van der Waals surface area contributed by atoms with Gasteiger partial charge in [-0.2, -0.15) is 10.1 Å². The number of H-pyrrole nitrogens is 2. The molecule has 0 aliphatic rings. The lowest BCUT2D eigenvalue weighted by Crippen LogP contribution is -1.94. The number of anilines is 1. The van der Waals surface area contributed by atoms with E-state index in [1.165, 1.54) is 0 Å². The van der Waals surface area contributed by atoms with Gasteiger partial charge in [-0.3, -0.25) is 10.2 Å². The van der Waals surface area contributed by atoms with E-state index in [2.05, 4.69) is 25.7 Å². The zero-order valence-electron chi connectivity index (χ0n) is 6.30. The van der Waals surface area contributed by atoms with Crippen LogP contribution in [0.4, 0.5) is 5.95 Å². The summed E-state index contributed by atoms with van der Waals surface area (Å²) in [7, 11) is 0. The molecule has 1 rings (SSSR count). The van der Waals surface area contributed by atoms with E-state index in [4.69, 9.17) is 12.2 Å². The van der Waals surface area contributed by atoms with Gasteiger partial charge < -0.3 is 0 Å². The van der Waals surface area contributed by atoms with E-state index in [-0.39, 0.29) is 0 Å². The average Bonchev–Trinajstić information content (AvgIpc) is 2.31. The molecule has 6 heteroatoms. The van der Waals surface area contributed by atoms with Crippen LogP contribution in [0.3, 0.4) is 0 Å². The minimum Gasteiger partial charge on any atom is -0.272 e. The maximum Gasteiger partial charge on any atom is 0.238 e. The summed E-state index contributed by atoms with van der Waals surface area (Å²) < 4.78 is 0.413. The Morgan fingerprint density at radius 2 is 2.27 bits per heavy atom. The van der Waals surface area contributed by atoms with Crippen molar-refractivity contribution in [3.63, 3.8) is 0 Å². The Morgan fingerprint density at radius 1 is 1.55 bits per heavy atom. The quantitative estimate of drug-likeness (QED) is 0.356. The van der Waals surface area contributed by atoms with Crippen LogP contribution in [-0.2, 0) is 0 Å². The van der Waals surface area contributed by atoms with Gasteiger partial charge in [0.1, 0.15) is 0 Å². The SMILES string of the molecule is CC(C)=NNc1nc(=S)[nH][nH]1. The molecule has 0 saturated carbocycles. The molecule has 0 radical (unpaired) electrons. The van der Waals surface area contributed by atoms with Crippen molar-refractivity contribution < 1.29 is 0 Å². The van der Waals surface area contributed by atoms with Crippen LogP contribution in [0.25, 0.3) is 0 Å². The van der Waals surface area contributed by atoms with E-state index in [0.717, 1.165) is 5.71 Å². The Balaban J connectivity index is 2.65. The van der Waals surface area contributed by atoms with Gasteiger partial charge in [0.15, 0.2) is 0 Å². The number of rotatable bonds is 2. The first kappa shape index (κ1) is 7.93. The first-order chi connectivity index (χ1) is 5.18. The first-order valence-electron chi connectivity index (χ1n) is 3.10. The Hall–Kier alpha value is -1.17. The number of nitrogens with zero attached hydrogens (tertiary/aromatic N) is 2. The van der Waals surface area contributed by atoms with Gasteiger partial charge >= 0.3 is 0 Å². The number of hydrazone groups is 1. The van der Waals surface area contributed by atoms with Crippen LogP contribution >= 0.6 is 12.2 Å². The summed E-state index contributed by atoms with van der Waals surface area (Å²) in [5.41, 5.74) is 3.61. The molecular weight excluding hydrogens is 162 g/mol. The highest BCUT2D eigenvalue weighted by molar-refractivity contribution is 7.71. The van der Waals surface area contributed by atoms with Gasteiger partial charge in [0, 0.05) is 5.71 Å². The van der Waals surface area contributed by atoms with Crippen molar-refractivity contribution in [2.24, 2.45) is 5.10 Å². The number of hydrogen-bond donors (Lipinski definition) is 3. The summed E-state index contributed by atoms with van der Waals surface area (Å²) in [6.07, 6.45) is 0. The zero-order valence-corrected chi connectivity index (χ0v) is 7.12. The first-order valence-corrected chi connectivity index (χ1v) is 3.51. The van der Waals surface area contributed by atoms with E-state index < -0.39 is 0 Å². The van der Waals surface area contributed by atoms with E-state index in [1.807, 2.05) is 13.8 Å². The molecule has 0 aliphatic heterocycles. The van der Waals surface area contributed by atoms with E-state index in [0.29, 0.717) is 10.7 Å². The molecule has 0 aliphatic carbocycles. The summed E-state index contributed by atoms with van der Waals surface area (Å²) in [4.78, 5) is 3.87. The molecule has 0 spiro atoms. The van der Waals surface area contributed by atoms with Gasteiger partial charge in [-0.1, -0.05) is 0 Å². The standard InChI is InChI=1S/C5H9N5S/c1-3(2)7-8-4-6-5(11)10-9-4/h1-2H3,(H3,6,8,9,10,11). The van der Waals surface area contributed by atoms with Crippen LogP contribution in [0.1, 0.15) is 13.8 Å². The molecule has 0 unspecified atom stereocenters. The summed E-state index contributed by atoms with van der Waals surface area (Å²) in [6, 6.07) is 0. The van der Waals surface area contributed by atoms with Gasteiger partial charge in [-0.15, -0.1) is 0 Å². The predicted octanol–water partition coefficient (Wildman–Crippen LogP) is 1.27. The Labute approximate surface area is 68.9 Å². The van der Waals surface area contributed by atoms with Crippen LogP contribution in [-0.4, -0.2) is 20.9 Å². The highest BCUT2D eigenvalue weighted by atomic mass is 32.1. The van der Waals surface area contributed by atoms with Crippen molar-refractivity contribution in [3.8, 4) is 0 Å². The molecule has 1 aromatic heterocycles. The van der Waals surface area contributed by atoms with Crippen LogP contribution in [0.5, 0.6) is 0 Å². The minimum absolute atomic E-state index is 0.413. The third-order valence-corrected chi connectivity index (χ3v) is 1.08. The predicted molar refractivity (Wildman–Crippen MR) is 46.2 cm³/mol. The molecule has 0 amide bonds. The molecule has 0 bridgehead atoms. The molecule has 11 heavy (non-hydrogen) atoms. The van der Waals surface area contributed by atoms with E-state index in [9.17, 15) is 0 Å². The summed E-state index contributed by atoms with van der Waals surface area (Å²) >= 11 is 4.73. The van der Waals surface area contributed by atoms with Crippen molar-refractivity contribution in [2.75, 3.05) is 5.43 Å². The topological polar surface area (TPSA) is 68.9 Å². The van der Waals surface area contributed by atoms with Crippen molar-refractivity contribution in [1.29, 1.82) is 0 Å². The van der Waals surface area contributed by atoms with Crippen molar-refractivity contribution >= 4 is 23.9 Å². The molecule has 3 N–H and O–H groups in total. The second-order valence-electron chi connectivity index (χ2n) is 2.19. The number of aromatic amines is 2. The molecule has 1 aromatic rings. The highest BCUT2D eigenvalue weighted by Gasteiger charge is 1.90. The minimum atomic E-state index is 0.413. The lowest BCUT2D eigenvalue weighted by molar-refractivity contribution is 1.07. The third kappa shape index (κ3) is 2.50. The van der Waals surface area contributed by atoms with Crippen LogP contribution in [0.2, 0.25) is 0 Å². The molecule has 60 valence electrons. The largest absolute Gasteiger partial charge is 0.272 e. The molecular formula is C5H9N5S. The zero-order chi connectivity index (χ0) is 8.27.